The molecule has 1 aliphatic carbocycles. The van der Waals surface area contributed by atoms with Crippen molar-refractivity contribution in [3.63, 3.8) is 0 Å². The van der Waals surface area contributed by atoms with E-state index in [9.17, 15) is 4.79 Å². The SMILES string of the molecule is O=C(NCC1CCC(Cl)CC1)c1cccc2ccccc12. The zero-order valence-corrected chi connectivity index (χ0v) is 12.8. The third-order valence-electron chi connectivity index (χ3n) is 4.36. The molecule has 1 saturated carbocycles. The van der Waals surface area contributed by atoms with Crippen molar-refractivity contribution in [2.45, 2.75) is 31.1 Å². The number of carbonyl (C=O) groups excluding carboxylic acids is 1. The van der Waals surface area contributed by atoms with Crippen LogP contribution in [-0.2, 0) is 0 Å². The number of carbonyl (C=O) groups is 1. The lowest BCUT2D eigenvalue weighted by Gasteiger charge is -2.25. The maximum Gasteiger partial charge on any atom is 0.251 e. The van der Waals surface area contributed by atoms with Gasteiger partial charge in [-0.2, -0.15) is 0 Å². The van der Waals surface area contributed by atoms with Crippen LogP contribution in [0.5, 0.6) is 0 Å². The number of halogens is 1. The summed E-state index contributed by atoms with van der Waals surface area (Å²) in [6.07, 6.45) is 4.36. The van der Waals surface area contributed by atoms with E-state index in [1.165, 1.54) is 0 Å². The van der Waals surface area contributed by atoms with Gasteiger partial charge in [0.05, 0.1) is 0 Å². The van der Waals surface area contributed by atoms with Gasteiger partial charge in [0.2, 0.25) is 0 Å². The second-order valence-corrected chi connectivity index (χ2v) is 6.47. The summed E-state index contributed by atoms with van der Waals surface area (Å²) in [5.41, 5.74) is 0.763. The van der Waals surface area contributed by atoms with E-state index in [0.717, 1.165) is 48.6 Å². The summed E-state index contributed by atoms with van der Waals surface area (Å²) in [6, 6.07) is 13.9. The molecule has 0 aliphatic heterocycles. The van der Waals surface area contributed by atoms with E-state index in [4.69, 9.17) is 11.6 Å². The van der Waals surface area contributed by atoms with Gasteiger partial charge in [0.25, 0.3) is 5.91 Å². The van der Waals surface area contributed by atoms with Crippen LogP contribution in [0.15, 0.2) is 42.5 Å². The van der Waals surface area contributed by atoms with Crippen LogP contribution in [0.2, 0.25) is 0 Å². The molecule has 0 spiro atoms. The summed E-state index contributed by atoms with van der Waals surface area (Å²) in [5.74, 6) is 0.596. The number of hydrogen-bond donors (Lipinski definition) is 1. The summed E-state index contributed by atoms with van der Waals surface area (Å²) >= 11 is 6.12. The Morgan fingerprint density at radius 3 is 2.57 bits per heavy atom. The molecule has 2 nitrogen and oxygen atoms in total. The predicted molar refractivity (Wildman–Crippen MR) is 87.9 cm³/mol. The fourth-order valence-corrected chi connectivity index (χ4v) is 3.33. The third-order valence-corrected chi connectivity index (χ3v) is 4.80. The first-order valence-electron chi connectivity index (χ1n) is 7.64. The van der Waals surface area contributed by atoms with E-state index >= 15 is 0 Å². The average Bonchev–Trinajstić information content (AvgIpc) is 2.53. The fourth-order valence-electron chi connectivity index (χ4n) is 3.08. The topological polar surface area (TPSA) is 29.1 Å². The highest BCUT2D eigenvalue weighted by Gasteiger charge is 2.20. The van der Waals surface area contributed by atoms with Crippen molar-refractivity contribution in [2.75, 3.05) is 6.54 Å². The van der Waals surface area contributed by atoms with Crippen LogP contribution in [0.25, 0.3) is 10.8 Å². The molecule has 2 aromatic carbocycles. The number of amides is 1. The molecule has 0 heterocycles. The Bertz CT molecular complexity index is 627. The monoisotopic (exact) mass is 301 g/mol. The van der Waals surface area contributed by atoms with Crippen molar-refractivity contribution >= 4 is 28.3 Å². The molecular weight excluding hydrogens is 282 g/mol. The van der Waals surface area contributed by atoms with Gasteiger partial charge in [-0.1, -0.05) is 36.4 Å². The Kier molecular flexibility index (Phi) is 4.45. The fraction of sp³-hybridized carbons (Fsp3) is 0.389. The number of nitrogens with one attached hydrogen (secondary N) is 1. The zero-order valence-electron chi connectivity index (χ0n) is 12.0. The van der Waals surface area contributed by atoms with Crippen LogP contribution in [-0.4, -0.2) is 17.8 Å². The number of fused-ring (bicyclic) bond motifs is 1. The standard InChI is InChI=1S/C18H20ClNO/c19-15-10-8-13(9-11-15)12-20-18(21)17-7-3-5-14-4-1-2-6-16(14)17/h1-7,13,15H,8-12H2,(H,20,21). The van der Waals surface area contributed by atoms with Crippen LogP contribution in [0.1, 0.15) is 36.0 Å². The first kappa shape index (κ1) is 14.4. The molecule has 1 fully saturated rings. The number of alkyl halides is 1. The highest BCUT2D eigenvalue weighted by Crippen LogP contribution is 2.27. The minimum absolute atomic E-state index is 0.0276. The molecule has 0 bridgehead atoms. The van der Waals surface area contributed by atoms with Crippen LogP contribution in [0.4, 0.5) is 0 Å². The molecule has 110 valence electrons. The number of rotatable bonds is 3. The van der Waals surface area contributed by atoms with Crippen LogP contribution in [0, 0.1) is 5.92 Å². The van der Waals surface area contributed by atoms with Gasteiger partial charge in [-0.25, -0.2) is 0 Å². The van der Waals surface area contributed by atoms with E-state index in [1.807, 2.05) is 42.5 Å². The molecule has 0 aromatic heterocycles. The van der Waals surface area contributed by atoms with E-state index < -0.39 is 0 Å². The van der Waals surface area contributed by atoms with Gasteiger partial charge in [-0.3, -0.25) is 4.79 Å². The van der Waals surface area contributed by atoms with Crippen LogP contribution in [0.3, 0.4) is 0 Å². The molecule has 0 saturated heterocycles. The van der Waals surface area contributed by atoms with Gasteiger partial charge in [-0.05, 0) is 48.4 Å². The second-order valence-electron chi connectivity index (χ2n) is 5.85. The van der Waals surface area contributed by atoms with Crippen molar-refractivity contribution in [3.8, 4) is 0 Å². The van der Waals surface area contributed by atoms with Crippen molar-refractivity contribution in [1.82, 2.24) is 5.32 Å². The molecular formula is C18H20ClNO. The lowest BCUT2D eigenvalue weighted by atomic mass is 9.89. The summed E-state index contributed by atoms with van der Waals surface area (Å²) in [7, 11) is 0. The van der Waals surface area contributed by atoms with Gasteiger partial charge < -0.3 is 5.32 Å². The highest BCUT2D eigenvalue weighted by molar-refractivity contribution is 6.20. The second kappa shape index (κ2) is 6.48. The largest absolute Gasteiger partial charge is 0.352 e. The molecule has 3 heteroatoms. The van der Waals surface area contributed by atoms with Crippen LogP contribution >= 0.6 is 11.6 Å². The number of hydrogen-bond acceptors (Lipinski definition) is 1. The lowest BCUT2D eigenvalue weighted by Crippen LogP contribution is -2.31. The van der Waals surface area contributed by atoms with Crippen molar-refractivity contribution in [3.05, 3.63) is 48.0 Å². The molecule has 3 rings (SSSR count). The van der Waals surface area contributed by atoms with Gasteiger partial charge in [0.1, 0.15) is 0 Å². The van der Waals surface area contributed by atoms with E-state index in [2.05, 4.69) is 5.32 Å². The maximum absolute atomic E-state index is 12.4. The maximum atomic E-state index is 12.4. The molecule has 0 radical (unpaired) electrons. The Hall–Kier alpha value is -1.54. The van der Waals surface area contributed by atoms with Gasteiger partial charge in [0, 0.05) is 17.5 Å². The first-order chi connectivity index (χ1) is 10.2. The average molecular weight is 302 g/mol. The van der Waals surface area contributed by atoms with Crippen molar-refractivity contribution in [2.24, 2.45) is 5.92 Å². The minimum atomic E-state index is 0.0276. The Morgan fingerprint density at radius 2 is 1.76 bits per heavy atom. The highest BCUT2D eigenvalue weighted by atomic mass is 35.5. The van der Waals surface area contributed by atoms with E-state index in [1.54, 1.807) is 0 Å². The first-order valence-corrected chi connectivity index (χ1v) is 8.07. The summed E-state index contributed by atoms with van der Waals surface area (Å²) in [6.45, 7) is 0.756. The Morgan fingerprint density at radius 1 is 1.05 bits per heavy atom. The van der Waals surface area contributed by atoms with Gasteiger partial charge >= 0.3 is 0 Å². The zero-order chi connectivity index (χ0) is 14.7. The predicted octanol–water partition coefficient (Wildman–Crippen LogP) is 4.37. The molecule has 0 unspecified atom stereocenters. The minimum Gasteiger partial charge on any atom is -0.352 e. The summed E-state index contributed by atoms with van der Waals surface area (Å²) < 4.78 is 0. The van der Waals surface area contributed by atoms with Gasteiger partial charge in [-0.15, -0.1) is 11.6 Å². The van der Waals surface area contributed by atoms with Crippen LogP contribution < -0.4 is 5.32 Å². The molecule has 21 heavy (non-hydrogen) atoms. The lowest BCUT2D eigenvalue weighted by molar-refractivity contribution is 0.0945. The molecule has 1 aliphatic rings. The molecule has 0 atom stereocenters. The summed E-state index contributed by atoms with van der Waals surface area (Å²) in [5, 5.41) is 5.54. The normalized spacial score (nSPS) is 22.1. The van der Waals surface area contributed by atoms with E-state index in [0.29, 0.717) is 11.3 Å². The third kappa shape index (κ3) is 3.38. The Balaban J connectivity index is 1.67. The number of benzene rings is 2. The van der Waals surface area contributed by atoms with Crippen molar-refractivity contribution < 1.29 is 4.79 Å². The van der Waals surface area contributed by atoms with Gasteiger partial charge in [0.15, 0.2) is 0 Å². The smallest absolute Gasteiger partial charge is 0.251 e. The Labute approximate surface area is 130 Å². The quantitative estimate of drug-likeness (QED) is 0.838. The summed E-state index contributed by atoms with van der Waals surface area (Å²) in [4.78, 5) is 12.4. The van der Waals surface area contributed by atoms with E-state index in [-0.39, 0.29) is 5.91 Å². The molecule has 2 aromatic rings. The molecule has 1 N–H and O–H groups in total. The molecule has 1 amide bonds. The van der Waals surface area contributed by atoms with Crippen molar-refractivity contribution in [1.29, 1.82) is 0 Å².